The zero-order valence-electron chi connectivity index (χ0n) is 27.7. The van der Waals surface area contributed by atoms with Crippen LogP contribution < -0.4 is 14.5 Å². The third-order valence-corrected chi connectivity index (χ3v) is 11.3. The van der Waals surface area contributed by atoms with Crippen molar-refractivity contribution < 1.29 is 38.9 Å². The van der Waals surface area contributed by atoms with E-state index in [0.29, 0.717) is 22.0 Å². The van der Waals surface area contributed by atoms with E-state index in [1.807, 2.05) is 48.5 Å². The number of carboxylic acids is 1. The molecule has 52 heavy (non-hydrogen) atoms. The molecule has 4 aliphatic rings. The third kappa shape index (κ3) is 5.00. The van der Waals surface area contributed by atoms with Crippen LogP contribution in [0.25, 0.3) is 0 Å². The number of hydrogen-bond acceptors (Lipinski definition) is 7. The number of hydrogen-bond donors (Lipinski definition) is 2. The maximum atomic E-state index is 15.3. The number of aliphatic hydroxyl groups is 1. The topological polar surface area (TPSA) is 142 Å². The maximum Gasteiger partial charge on any atom is 0.335 e. The predicted molar refractivity (Wildman–Crippen MR) is 191 cm³/mol. The molecule has 0 unspecified atom stereocenters. The highest BCUT2D eigenvalue weighted by molar-refractivity contribution is 6.32. The zero-order valence-corrected chi connectivity index (χ0v) is 28.5. The summed E-state index contributed by atoms with van der Waals surface area (Å²) >= 11 is 6.39. The lowest BCUT2D eigenvalue weighted by molar-refractivity contribution is -0.127. The van der Waals surface area contributed by atoms with Gasteiger partial charge in [0.25, 0.3) is 0 Å². The van der Waals surface area contributed by atoms with Gasteiger partial charge in [-0.15, -0.1) is 0 Å². The smallest absolute Gasteiger partial charge is 0.335 e. The van der Waals surface area contributed by atoms with E-state index in [0.717, 1.165) is 16.0 Å². The summed E-state index contributed by atoms with van der Waals surface area (Å²) < 4.78 is 5.65. The Hall–Kier alpha value is -5.58. The number of rotatable bonds is 8. The second-order valence-corrected chi connectivity index (χ2v) is 14.0. The minimum absolute atomic E-state index is 0.0558. The molecule has 4 aromatic rings. The minimum Gasteiger partial charge on any atom is -0.491 e. The number of anilines is 2. The Labute approximate surface area is 303 Å². The van der Waals surface area contributed by atoms with Gasteiger partial charge in [-0.1, -0.05) is 77.8 Å². The first-order chi connectivity index (χ1) is 25.2. The molecule has 11 heteroatoms. The lowest BCUT2D eigenvalue weighted by atomic mass is 9.49. The summed E-state index contributed by atoms with van der Waals surface area (Å²) in [6.07, 6.45) is 2.32. The first kappa shape index (κ1) is 33.6. The molecule has 0 radical (unpaired) electrons. The number of benzene rings is 4. The SMILES string of the molecule is O=C(O)c1cccc(N2C(=O)[C@H]3[C@H](CC=C4[C@H]3C[C@H]3C(=O)N(c5cccc(Cl)c5)C(=O)[C@@]3(c3ccccc3)[C@H]4c3ccc(OCCO)cc3)C2=O)c1. The van der Waals surface area contributed by atoms with Crippen LogP contribution in [0.2, 0.25) is 5.02 Å². The molecule has 3 fully saturated rings. The van der Waals surface area contributed by atoms with Gasteiger partial charge >= 0.3 is 5.97 Å². The number of aromatic carboxylic acids is 1. The molecule has 2 aliphatic heterocycles. The van der Waals surface area contributed by atoms with E-state index in [9.17, 15) is 29.4 Å². The van der Waals surface area contributed by atoms with Crippen LogP contribution in [0.3, 0.4) is 0 Å². The number of fused-ring (bicyclic) bond motifs is 4. The first-order valence-corrected chi connectivity index (χ1v) is 17.5. The Bertz CT molecular complexity index is 2170. The largest absolute Gasteiger partial charge is 0.491 e. The van der Waals surface area contributed by atoms with Crippen LogP contribution in [0.1, 0.15) is 40.2 Å². The van der Waals surface area contributed by atoms with Gasteiger partial charge < -0.3 is 14.9 Å². The number of carboxylic acid groups (broad SMARTS) is 1. The number of aliphatic hydroxyl groups excluding tert-OH is 1. The summed E-state index contributed by atoms with van der Waals surface area (Å²) in [7, 11) is 0. The fraction of sp³-hybridized carbons (Fsp3) is 0.244. The lowest BCUT2D eigenvalue weighted by Crippen LogP contribution is -2.53. The number of amides is 4. The second kappa shape index (κ2) is 12.9. The highest BCUT2D eigenvalue weighted by Gasteiger charge is 2.70. The van der Waals surface area contributed by atoms with Gasteiger partial charge in [0.1, 0.15) is 12.4 Å². The molecule has 2 N–H and O–H groups in total. The first-order valence-electron chi connectivity index (χ1n) is 17.1. The fourth-order valence-electron chi connectivity index (χ4n) is 9.07. The molecule has 8 rings (SSSR count). The van der Waals surface area contributed by atoms with Crippen LogP contribution >= 0.6 is 11.6 Å². The van der Waals surface area contributed by atoms with Crippen molar-refractivity contribution in [2.75, 3.05) is 23.0 Å². The number of carbonyl (C=O) groups excluding carboxylic acids is 4. The van der Waals surface area contributed by atoms with Gasteiger partial charge in [-0.2, -0.15) is 0 Å². The lowest BCUT2D eigenvalue weighted by Gasteiger charge is -2.50. The Morgan fingerprint density at radius 2 is 1.52 bits per heavy atom. The van der Waals surface area contributed by atoms with Crippen LogP contribution in [0.15, 0.2) is 115 Å². The van der Waals surface area contributed by atoms with Crippen molar-refractivity contribution in [3.05, 3.63) is 136 Å². The summed E-state index contributed by atoms with van der Waals surface area (Å²) in [5.41, 5.74) is 1.19. The van der Waals surface area contributed by atoms with Crippen molar-refractivity contribution in [2.24, 2.45) is 23.7 Å². The molecule has 2 aliphatic carbocycles. The number of ether oxygens (including phenoxy) is 1. The second-order valence-electron chi connectivity index (χ2n) is 13.6. The minimum atomic E-state index is -1.43. The number of nitrogens with zero attached hydrogens (tertiary/aromatic N) is 2. The zero-order chi connectivity index (χ0) is 36.3. The molecular weight excluding hydrogens is 684 g/mol. The predicted octanol–water partition coefficient (Wildman–Crippen LogP) is 5.78. The monoisotopic (exact) mass is 716 g/mol. The van der Waals surface area contributed by atoms with Crippen molar-refractivity contribution in [1.29, 1.82) is 0 Å². The number of halogens is 1. The normalized spacial score (nSPS) is 26.5. The van der Waals surface area contributed by atoms with E-state index in [2.05, 4.69) is 0 Å². The maximum absolute atomic E-state index is 15.3. The average molecular weight is 717 g/mol. The molecule has 1 saturated carbocycles. The third-order valence-electron chi connectivity index (χ3n) is 11.1. The molecule has 2 saturated heterocycles. The van der Waals surface area contributed by atoms with E-state index in [-0.39, 0.29) is 37.3 Å². The van der Waals surface area contributed by atoms with Crippen LogP contribution in [0.4, 0.5) is 11.4 Å². The molecule has 4 amide bonds. The van der Waals surface area contributed by atoms with Crippen LogP contribution in [-0.4, -0.2) is 53.0 Å². The van der Waals surface area contributed by atoms with Crippen LogP contribution in [-0.2, 0) is 24.6 Å². The average Bonchev–Trinajstić information content (AvgIpc) is 3.55. The summed E-state index contributed by atoms with van der Waals surface area (Å²) in [5, 5.41) is 19.3. The van der Waals surface area contributed by atoms with E-state index < -0.39 is 64.6 Å². The number of carbonyl (C=O) groups is 5. The summed E-state index contributed by atoms with van der Waals surface area (Å²) in [6, 6.07) is 28.8. The van der Waals surface area contributed by atoms with Gasteiger partial charge in [-0.25, -0.2) is 9.69 Å². The van der Waals surface area contributed by atoms with E-state index in [1.165, 1.54) is 23.1 Å². The molecular formula is C41H33ClN2O8. The van der Waals surface area contributed by atoms with Crippen molar-refractivity contribution >= 4 is 52.6 Å². The molecule has 10 nitrogen and oxygen atoms in total. The molecule has 0 spiro atoms. The van der Waals surface area contributed by atoms with E-state index in [4.69, 9.17) is 16.3 Å². The van der Waals surface area contributed by atoms with E-state index in [1.54, 1.807) is 42.5 Å². The highest BCUT2D eigenvalue weighted by Crippen LogP contribution is 2.64. The standard InChI is InChI=1S/C41H33ClN2O8/c42-26-9-5-11-28(21-26)44-37(47)33-22-32-30(16-17-31-34(32)38(48)43(36(31)46)27-10-4-6-24(20-27)39(49)50)35(23-12-14-29(15-13-23)52-19-18-45)41(33,40(44)51)25-7-2-1-3-8-25/h1-16,20-21,31-35,45H,17-19,22H2,(H,49,50)/t31-,32+,33-,34-,35-,41+/m0/s1. The summed E-state index contributed by atoms with van der Waals surface area (Å²) in [6.45, 7) is -0.0701. The number of allylic oxidation sites excluding steroid dienone is 2. The van der Waals surface area contributed by atoms with E-state index >= 15 is 4.79 Å². The molecule has 0 bridgehead atoms. The molecule has 6 atom stereocenters. The highest BCUT2D eigenvalue weighted by atomic mass is 35.5. The summed E-state index contributed by atoms with van der Waals surface area (Å²) in [5.74, 6) is -6.20. The molecule has 2 heterocycles. The Balaban J connectivity index is 1.31. The Morgan fingerprint density at radius 3 is 2.21 bits per heavy atom. The number of imide groups is 2. The van der Waals surface area contributed by atoms with Crippen molar-refractivity contribution in [3.8, 4) is 5.75 Å². The Morgan fingerprint density at radius 1 is 0.808 bits per heavy atom. The van der Waals surface area contributed by atoms with Crippen molar-refractivity contribution in [3.63, 3.8) is 0 Å². The quantitative estimate of drug-likeness (QED) is 0.173. The molecule has 4 aromatic carbocycles. The molecule has 0 aromatic heterocycles. The van der Waals surface area contributed by atoms with Crippen LogP contribution in [0, 0.1) is 23.7 Å². The van der Waals surface area contributed by atoms with Gasteiger partial charge in [0.15, 0.2) is 0 Å². The van der Waals surface area contributed by atoms with Gasteiger partial charge in [0, 0.05) is 10.9 Å². The van der Waals surface area contributed by atoms with Crippen molar-refractivity contribution in [1.82, 2.24) is 0 Å². The van der Waals surface area contributed by atoms with Gasteiger partial charge in [0.2, 0.25) is 23.6 Å². The molecule has 262 valence electrons. The van der Waals surface area contributed by atoms with Gasteiger partial charge in [0.05, 0.1) is 46.7 Å². The summed E-state index contributed by atoms with van der Waals surface area (Å²) in [4.78, 5) is 72.8. The van der Waals surface area contributed by atoms with Gasteiger partial charge in [-0.3, -0.25) is 24.1 Å². The van der Waals surface area contributed by atoms with Gasteiger partial charge in [-0.05, 0) is 78.4 Å². The Kier molecular flexibility index (Phi) is 8.31. The van der Waals surface area contributed by atoms with Crippen molar-refractivity contribution in [2.45, 2.75) is 24.2 Å². The van der Waals surface area contributed by atoms with Crippen LogP contribution in [0.5, 0.6) is 5.75 Å². The fourth-order valence-corrected chi connectivity index (χ4v) is 9.26.